The van der Waals surface area contributed by atoms with Crippen molar-refractivity contribution in [2.45, 2.75) is 5.16 Å². The third-order valence-corrected chi connectivity index (χ3v) is 5.44. The Balaban J connectivity index is 1.47. The number of anilines is 1. The molecule has 30 heavy (non-hydrogen) atoms. The number of amides is 1. The number of nitrogens with one attached hydrogen (secondary N) is 1. The van der Waals surface area contributed by atoms with Crippen LogP contribution in [0.2, 0.25) is 5.02 Å². The van der Waals surface area contributed by atoms with Crippen molar-refractivity contribution in [3.05, 3.63) is 66.0 Å². The normalized spacial score (nSPS) is 10.9. The first-order chi connectivity index (χ1) is 14.5. The molecule has 1 amide bonds. The fourth-order valence-electron chi connectivity index (χ4n) is 2.77. The zero-order chi connectivity index (χ0) is 21.1. The van der Waals surface area contributed by atoms with Crippen LogP contribution in [0.25, 0.3) is 17.1 Å². The topological polar surface area (TPSA) is 90.5 Å². The molecular weight excluding hydrogens is 429 g/mol. The van der Waals surface area contributed by atoms with Crippen molar-refractivity contribution in [2.24, 2.45) is 7.05 Å². The van der Waals surface area contributed by atoms with Crippen LogP contribution in [0.4, 0.5) is 10.1 Å². The number of halogens is 2. The van der Waals surface area contributed by atoms with E-state index in [2.05, 4.69) is 25.6 Å². The monoisotopic (exact) mass is 443 g/mol. The molecule has 1 N–H and O–H groups in total. The van der Waals surface area contributed by atoms with Gasteiger partial charge in [0.15, 0.2) is 11.0 Å². The Morgan fingerprint density at radius 3 is 2.83 bits per heavy atom. The summed E-state index contributed by atoms with van der Waals surface area (Å²) in [4.78, 5) is 16.4. The highest BCUT2D eigenvalue weighted by molar-refractivity contribution is 7.99. The fourth-order valence-corrected chi connectivity index (χ4v) is 3.66. The van der Waals surface area contributed by atoms with Crippen molar-refractivity contribution < 1.29 is 9.18 Å². The van der Waals surface area contributed by atoms with Gasteiger partial charge < -0.3 is 9.88 Å². The molecular formula is C19H15ClFN7OS. The molecule has 0 saturated carbocycles. The summed E-state index contributed by atoms with van der Waals surface area (Å²) in [6.07, 6.45) is 2.93. The van der Waals surface area contributed by atoms with Gasteiger partial charge in [-0.1, -0.05) is 35.5 Å². The third-order valence-electron chi connectivity index (χ3n) is 4.18. The fraction of sp³-hybridized carbons (Fsp3) is 0.105. The molecule has 0 radical (unpaired) electrons. The Bertz CT molecular complexity index is 1200. The van der Waals surface area contributed by atoms with Crippen molar-refractivity contribution in [3.63, 3.8) is 0 Å². The lowest BCUT2D eigenvalue weighted by molar-refractivity contribution is -0.113. The first-order valence-electron chi connectivity index (χ1n) is 8.74. The van der Waals surface area contributed by atoms with Gasteiger partial charge in [-0.25, -0.2) is 14.1 Å². The molecule has 0 saturated heterocycles. The predicted octanol–water partition coefficient (Wildman–Crippen LogP) is 3.59. The van der Waals surface area contributed by atoms with E-state index in [1.165, 1.54) is 35.2 Å². The highest BCUT2D eigenvalue weighted by Crippen LogP contribution is 2.26. The van der Waals surface area contributed by atoms with Gasteiger partial charge in [0.2, 0.25) is 5.91 Å². The van der Waals surface area contributed by atoms with Crippen LogP contribution in [0, 0.1) is 5.82 Å². The molecule has 2 aromatic carbocycles. The number of benzene rings is 2. The highest BCUT2D eigenvalue weighted by Gasteiger charge is 2.16. The Morgan fingerprint density at radius 1 is 1.23 bits per heavy atom. The SMILES string of the molecule is Cn1c(SCC(=O)Nc2cc(Cl)ccc2-n2cncn2)nnc1-c1ccccc1F. The van der Waals surface area contributed by atoms with E-state index in [1.807, 2.05) is 0 Å². The first-order valence-corrected chi connectivity index (χ1v) is 10.1. The average Bonchev–Trinajstić information content (AvgIpc) is 3.37. The lowest BCUT2D eigenvalue weighted by Crippen LogP contribution is -2.16. The molecule has 8 nitrogen and oxygen atoms in total. The molecule has 0 aliphatic heterocycles. The van der Waals surface area contributed by atoms with Gasteiger partial charge in [-0.2, -0.15) is 5.10 Å². The second-order valence-corrected chi connectivity index (χ2v) is 7.56. The zero-order valence-corrected chi connectivity index (χ0v) is 17.2. The average molecular weight is 444 g/mol. The molecule has 2 aromatic heterocycles. The van der Waals surface area contributed by atoms with Gasteiger partial charge in [0.25, 0.3) is 0 Å². The minimum absolute atomic E-state index is 0.0759. The quantitative estimate of drug-likeness (QED) is 0.458. The van der Waals surface area contributed by atoms with Crippen molar-refractivity contribution in [2.75, 3.05) is 11.1 Å². The van der Waals surface area contributed by atoms with E-state index in [0.717, 1.165) is 0 Å². The zero-order valence-electron chi connectivity index (χ0n) is 15.7. The van der Waals surface area contributed by atoms with Crippen LogP contribution >= 0.6 is 23.4 Å². The van der Waals surface area contributed by atoms with E-state index in [-0.39, 0.29) is 17.5 Å². The third kappa shape index (κ3) is 4.19. The molecule has 0 fully saturated rings. The largest absolute Gasteiger partial charge is 0.323 e. The number of nitrogens with zero attached hydrogens (tertiary/aromatic N) is 6. The number of carbonyl (C=O) groups excluding carboxylic acids is 1. The number of rotatable bonds is 6. The molecule has 0 atom stereocenters. The molecule has 152 valence electrons. The molecule has 11 heteroatoms. The van der Waals surface area contributed by atoms with E-state index < -0.39 is 0 Å². The summed E-state index contributed by atoms with van der Waals surface area (Å²) in [7, 11) is 1.72. The van der Waals surface area contributed by atoms with Gasteiger partial charge in [0, 0.05) is 12.1 Å². The van der Waals surface area contributed by atoms with Crippen LogP contribution in [0.3, 0.4) is 0 Å². The minimum atomic E-state index is -0.385. The summed E-state index contributed by atoms with van der Waals surface area (Å²) in [5, 5.41) is 16.0. The van der Waals surface area contributed by atoms with Crippen LogP contribution in [0.1, 0.15) is 0 Å². The van der Waals surface area contributed by atoms with E-state index in [0.29, 0.717) is 32.9 Å². The second-order valence-electron chi connectivity index (χ2n) is 6.18. The van der Waals surface area contributed by atoms with Crippen LogP contribution < -0.4 is 5.32 Å². The maximum absolute atomic E-state index is 14.0. The number of hydrogen-bond donors (Lipinski definition) is 1. The van der Waals surface area contributed by atoms with Gasteiger partial charge in [0.05, 0.1) is 22.7 Å². The summed E-state index contributed by atoms with van der Waals surface area (Å²) >= 11 is 7.27. The standard InChI is InChI=1S/C19H15ClFN7OS/c1-27-18(13-4-2-3-5-14(13)21)25-26-19(27)30-9-17(29)24-15-8-12(20)6-7-16(15)28-11-22-10-23-28/h2-8,10-11H,9H2,1H3,(H,24,29). The minimum Gasteiger partial charge on any atom is -0.323 e. The lowest BCUT2D eigenvalue weighted by Gasteiger charge is -2.11. The molecule has 4 aromatic rings. The maximum Gasteiger partial charge on any atom is 0.234 e. The molecule has 0 aliphatic carbocycles. The Kier molecular flexibility index (Phi) is 5.77. The van der Waals surface area contributed by atoms with Crippen molar-refractivity contribution >= 4 is 35.0 Å². The molecule has 0 aliphatic rings. The van der Waals surface area contributed by atoms with E-state index in [4.69, 9.17) is 11.6 Å². The van der Waals surface area contributed by atoms with Crippen molar-refractivity contribution in [1.29, 1.82) is 0 Å². The molecule has 0 bridgehead atoms. The van der Waals surface area contributed by atoms with E-state index >= 15 is 0 Å². The van der Waals surface area contributed by atoms with Gasteiger partial charge in [0.1, 0.15) is 18.5 Å². The second kappa shape index (κ2) is 8.64. The Hall–Kier alpha value is -3.24. The summed E-state index contributed by atoms with van der Waals surface area (Å²) < 4.78 is 17.2. The van der Waals surface area contributed by atoms with Crippen LogP contribution in [0.5, 0.6) is 0 Å². The van der Waals surface area contributed by atoms with E-state index in [9.17, 15) is 9.18 Å². The van der Waals surface area contributed by atoms with Crippen molar-refractivity contribution in [3.8, 4) is 17.1 Å². The first kappa shape index (κ1) is 20.0. The van der Waals surface area contributed by atoms with Crippen LogP contribution in [0.15, 0.2) is 60.3 Å². The van der Waals surface area contributed by atoms with Gasteiger partial charge in [-0.05, 0) is 30.3 Å². The van der Waals surface area contributed by atoms with Gasteiger partial charge in [-0.3, -0.25) is 4.79 Å². The lowest BCUT2D eigenvalue weighted by atomic mass is 10.2. The Labute approximate surface area is 180 Å². The molecule has 4 rings (SSSR count). The summed E-state index contributed by atoms with van der Waals surface area (Å²) in [6.45, 7) is 0. The number of thioether (sulfide) groups is 1. The van der Waals surface area contributed by atoms with E-state index in [1.54, 1.807) is 48.0 Å². The molecule has 0 spiro atoms. The Morgan fingerprint density at radius 2 is 2.07 bits per heavy atom. The molecule has 2 heterocycles. The summed E-state index contributed by atoms with van der Waals surface area (Å²) in [6, 6.07) is 11.4. The molecule has 0 unspecified atom stereocenters. The summed E-state index contributed by atoms with van der Waals surface area (Å²) in [5.74, 6) is -0.186. The number of carbonyl (C=O) groups is 1. The van der Waals surface area contributed by atoms with Crippen LogP contribution in [-0.4, -0.2) is 41.2 Å². The number of hydrogen-bond acceptors (Lipinski definition) is 6. The van der Waals surface area contributed by atoms with Crippen LogP contribution in [-0.2, 0) is 11.8 Å². The number of aromatic nitrogens is 6. The smallest absolute Gasteiger partial charge is 0.234 e. The highest BCUT2D eigenvalue weighted by atomic mass is 35.5. The van der Waals surface area contributed by atoms with Gasteiger partial charge in [-0.15, -0.1) is 10.2 Å². The summed E-state index contributed by atoms with van der Waals surface area (Å²) in [5.41, 5.74) is 1.49. The maximum atomic E-state index is 14.0. The van der Waals surface area contributed by atoms with Crippen molar-refractivity contribution in [1.82, 2.24) is 29.5 Å². The van der Waals surface area contributed by atoms with Gasteiger partial charge >= 0.3 is 0 Å². The predicted molar refractivity (Wildman–Crippen MR) is 112 cm³/mol.